The van der Waals surface area contributed by atoms with Crippen molar-refractivity contribution in [3.05, 3.63) is 26.1 Å². The van der Waals surface area contributed by atoms with Crippen molar-refractivity contribution >= 4 is 55.6 Å². The molecule has 0 unspecified atom stereocenters. The van der Waals surface area contributed by atoms with Crippen molar-refractivity contribution in [2.45, 2.75) is 6.92 Å². The molecule has 0 amide bonds. The summed E-state index contributed by atoms with van der Waals surface area (Å²) in [7, 11) is 0. The van der Waals surface area contributed by atoms with E-state index in [1.807, 2.05) is 19.1 Å². The molecule has 2 aromatic rings. The lowest BCUT2D eigenvalue weighted by molar-refractivity contribution is 0.341. The lowest BCUT2D eigenvalue weighted by atomic mass is 10.2. The fourth-order valence-electron chi connectivity index (χ4n) is 1.27. The van der Waals surface area contributed by atoms with E-state index >= 15 is 0 Å². The van der Waals surface area contributed by atoms with E-state index in [-0.39, 0.29) is 0 Å². The van der Waals surface area contributed by atoms with E-state index in [1.54, 1.807) is 11.3 Å². The predicted molar refractivity (Wildman–Crippen MR) is 70.7 cm³/mol. The van der Waals surface area contributed by atoms with Crippen molar-refractivity contribution in [1.82, 2.24) is 0 Å². The molecule has 0 aliphatic carbocycles. The Hall–Kier alpha value is -0.000000000000000167. The molecule has 74 valence electrons. The largest absolute Gasteiger partial charge is 0.492 e. The molecule has 0 aliphatic heterocycles. The van der Waals surface area contributed by atoms with Crippen LogP contribution in [0.1, 0.15) is 6.92 Å². The smallest absolute Gasteiger partial charge is 0.138 e. The standard InChI is InChI=1S/C10H8ClIOS/c1-2-13-8-3-6-4-10(12)14-9(6)5-7(8)11/h3-5H,2H2,1H3. The third-order valence-electron chi connectivity index (χ3n) is 1.84. The van der Waals surface area contributed by atoms with Crippen LogP contribution in [0.15, 0.2) is 18.2 Å². The van der Waals surface area contributed by atoms with E-state index in [4.69, 9.17) is 16.3 Å². The van der Waals surface area contributed by atoms with Gasteiger partial charge < -0.3 is 4.74 Å². The second-order valence-electron chi connectivity index (χ2n) is 2.80. The van der Waals surface area contributed by atoms with Gasteiger partial charge in [-0.2, -0.15) is 0 Å². The Morgan fingerprint density at radius 3 is 2.93 bits per heavy atom. The van der Waals surface area contributed by atoms with Crippen LogP contribution in [0.5, 0.6) is 5.75 Å². The monoisotopic (exact) mass is 338 g/mol. The summed E-state index contributed by atoms with van der Waals surface area (Å²) >= 11 is 10.1. The number of hydrogen-bond acceptors (Lipinski definition) is 2. The summed E-state index contributed by atoms with van der Waals surface area (Å²) in [6.45, 7) is 2.60. The average molecular weight is 339 g/mol. The van der Waals surface area contributed by atoms with Gasteiger partial charge in [0.25, 0.3) is 0 Å². The highest BCUT2D eigenvalue weighted by atomic mass is 127. The summed E-state index contributed by atoms with van der Waals surface area (Å²) in [6.07, 6.45) is 0. The second kappa shape index (κ2) is 4.24. The molecular formula is C10H8ClIOS. The molecule has 0 fully saturated rings. The lowest BCUT2D eigenvalue weighted by Gasteiger charge is -2.04. The number of benzene rings is 1. The van der Waals surface area contributed by atoms with Gasteiger partial charge in [0.05, 0.1) is 14.5 Å². The topological polar surface area (TPSA) is 9.23 Å². The number of ether oxygens (including phenoxy) is 1. The number of thiophene rings is 1. The maximum atomic E-state index is 6.07. The molecule has 0 bridgehead atoms. The Morgan fingerprint density at radius 1 is 1.43 bits per heavy atom. The van der Waals surface area contributed by atoms with E-state index in [0.717, 1.165) is 5.75 Å². The van der Waals surface area contributed by atoms with Gasteiger partial charge in [-0.15, -0.1) is 11.3 Å². The summed E-state index contributed by atoms with van der Waals surface area (Å²) in [5, 5.41) is 1.89. The number of hydrogen-bond donors (Lipinski definition) is 0. The summed E-state index contributed by atoms with van der Waals surface area (Å²) in [4.78, 5) is 0. The van der Waals surface area contributed by atoms with Gasteiger partial charge in [0.2, 0.25) is 0 Å². The van der Waals surface area contributed by atoms with Gasteiger partial charge in [0.1, 0.15) is 5.75 Å². The maximum absolute atomic E-state index is 6.07. The van der Waals surface area contributed by atoms with Crippen molar-refractivity contribution in [2.75, 3.05) is 6.61 Å². The van der Waals surface area contributed by atoms with Crippen LogP contribution in [-0.2, 0) is 0 Å². The van der Waals surface area contributed by atoms with Gasteiger partial charge in [-0.1, -0.05) is 11.6 Å². The Bertz CT molecular complexity index is 466. The second-order valence-corrected chi connectivity index (χ2v) is 6.19. The Morgan fingerprint density at radius 2 is 2.21 bits per heavy atom. The van der Waals surface area contributed by atoms with E-state index in [1.165, 1.54) is 13.0 Å². The van der Waals surface area contributed by atoms with Crippen molar-refractivity contribution in [3.63, 3.8) is 0 Å². The first kappa shape index (κ1) is 10.5. The minimum atomic E-state index is 0.645. The van der Waals surface area contributed by atoms with Crippen LogP contribution in [-0.4, -0.2) is 6.61 Å². The van der Waals surface area contributed by atoms with Gasteiger partial charge in [0.15, 0.2) is 0 Å². The first-order valence-corrected chi connectivity index (χ1v) is 6.49. The molecule has 14 heavy (non-hydrogen) atoms. The van der Waals surface area contributed by atoms with Crippen LogP contribution >= 0.6 is 45.5 Å². The zero-order chi connectivity index (χ0) is 10.1. The quantitative estimate of drug-likeness (QED) is 0.730. The minimum absolute atomic E-state index is 0.645. The molecule has 0 aliphatic rings. The Balaban J connectivity index is 2.58. The Labute approximate surface area is 105 Å². The van der Waals surface area contributed by atoms with Gasteiger partial charge in [-0.05, 0) is 53.1 Å². The molecule has 0 atom stereocenters. The van der Waals surface area contributed by atoms with E-state index in [0.29, 0.717) is 11.6 Å². The molecule has 0 saturated carbocycles. The highest BCUT2D eigenvalue weighted by Crippen LogP contribution is 2.35. The highest BCUT2D eigenvalue weighted by Gasteiger charge is 2.06. The van der Waals surface area contributed by atoms with Crippen LogP contribution in [0.4, 0.5) is 0 Å². The van der Waals surface area contributed by atoms with Gasteiger partial charge >= 0.3 is 0 Å². The maximum Gasteiger partial charge on any atom is 0.138 e. The van der Waals surface area contributed by atoms with E-state index < -0.39 is 0 Å². The first-order valence-electron chi connectivity index (χ1n) is 4.22. The minimum Gasteiger partial charge on any atom is -0.492 e. The first-order chi connectivity index (χ1) is 6.70. The third kappa shape index (κ3) is 1.99. The van der Waals surface area contributed by atoms with Crippen LogP contribution in [0.2, 0.25) is 5.02 Å². The molecule has 0 spiro atoms. The fourth-order valence-corrected chi connectivity index (χ4v) is 3.41. The third-order valence-corrected chi connectivity index (χ3v) is 3.99. The Kier molecular flexibility index (Phi) is 3.19. The molecule has 1 nitrogen and oxygen atoms in total. The molecule has 0 N–H and O–H groups in total. The molecule has 1 aromatic carbocycles. The van der Waals surface area contributed by atoms with Crippen molar-refractivity contribution in [2.24, 2.45) is 0 Å². The zero-order valence-corrected chi connectivity index (χ0v) is 11.2. The molecule has 0 radical (unpaired) electrons. The van der Waals surface area contributed by atoms with Crippen LogP contribution in [0, 0.1) is 2.88 Å². The van der Waals surface area contributed by atoms with Crippen LogP contribution < -0.4 is 4.74 Å². The highest BCUT2D eigenvalue weighted by molar-refractivity contribution is 14.1. The summed E-state index contributed by atoms with van der Waals surface area (Å²) in [5.74, 6) is 0.774. The SMILES string of the molecule is CCOc1cc2cc(I)sc2cc1Cl. The van der Waals surface area contributed by atoms with Gasteiger partial charge in [-0.3, -0.25) is 0 Å². The molecule has 0 saturated heterocycles. The fraction of sp³-hybridized carbons (Fsp3) is 0.200. The summed E-state index contributed by atoms with van der Waals surface area (Å²) in [6, 6.07) is 6.11. The normalized spacial score (nSPS) is 10.8. The van der Waals surface area contributed by atoms with Gasteiger partial charge in [0, 0.05) is 4.70 Å². The average Bonchev–Trinajstić information content (AvgIpc) is 2.45. The molecule has 2 rings (SSSR count). The van der Waals surface area contributed by atoms with Crippen molar-refractivity contribution in [1.29, 1.82) is 0 Å². The summed E-state index contributed by atoms with van der Waals surface area (Å²) in [5.41, 5.74) is 0. The molecule has 1 aromatic heterocycles. The van der Waals surface area contributed by atoms with E-state index in [9.17, 15) is 0 Å². The zero-order valence-electron chi connectivity index (χ0n) is 7.51. The van der Waals surface area contributed by atoms with Crippen molar-refractivity contribution < 1.29 is 4.74 Å². The molecular weight excluding hydrogens is 331 g/mol. The van der Waals surface area contributed by atoms with E-state index in [2.05, 4.69) is 28.7 Å². The molecule has 4 heteroatoms. The predicted octanol–water partition coefficient (Wildman–Crippen LogP) is 4.56. The number of rotatable bonds is 2. The van der Waals surface area contributed by atoms with Crippen LogP contribution in [0.3, 0.4) is 0 Å². The van der Waals surface area contributed by atoms with Gasteiger partial charge in [-0.25, -0.2) is 0 Å². The lowest BCUT2D eigenvalue weighted by Crippen LogP contribution is -1.91. The summed E-state index contributed by atoms with van der Waals surface area (Å²) < 4.78 is 7.90. The van der Waals surface area contributed by atoms with Crippen LogP contribution in [0.25, 0.3) is 10.1 Å². The number of fused-ring (bicyclic) bond motifs is 1. The molecule has 1 heterocycles. The number of halogens is 2. The van der Waals surface area contributed by atoms with Crippen molar-refractivity contribution in [3.8, 4) is 5.75 Å².